The summed E-state index contributed by atoms with van der Waals surface area (Å²) < 4.78 is 1.85. The average molecular weight is 246 g/mol. The molecule has 2 aromatic heterocycles. The summed E-state index contributed by atoms with van der Waals surface area (Å²) in [5, 5.41) is 13.9. The van der Waals surface area contributed by atoms with Crippen LogP contribution in [-0.4, -0.2) is 19.8 Å². The van der Waals surface area contributed by atoms with Gasteiger partial charge in [0.25, 0.3) is 0 Å². The molecule has 2 aromatic carbocycles. The van der Waals surface area contributed by atoms with Crippen molar-refractivity contribution in [1.29, 1.82) is 0 Å². The third-order valence-corrected chi connectivity index (χ3v) is 3.18. The van der Waals surface area contributed by atoms with Gasteiger partial charge in [-0.15, -0.1) is 5.10 Å². The molecule has 4 nitrogen and oxygen atoms in total. The molecule has 0 amide bonds. The summed E-state index contributed by atoms with van der Waals surface area (Å²) in [5.41, 5.74) is 3.74. The summed E-state index contributed by atoms with van der Waals surface area (Å²) >= 11 is 0. The number of fused-ring (bicyclic) bond motifs is 3. The number of nitrogens with zero attached hydrogens (tertiary/aromatic N) is 4. The Morgan fingerprint density at radius 1 is 0.842 bits per heavy atom. The lowest BCUT2D eigenvalue weighted by atomic mass is 10.2. The van der Waals surface area contributed by atoms with Crippen molar-refractivity contribution in [3.8, 4) is 11.3 Å². The van der Waals surface area contributed by atoms with E-state index in [1.165, 1.54) is 0 Å². The minimum absolute atomic E-state index is 0.789. The Hall–Kier alpha value is -2.75. The molecule has 0 radical (unpaired) electrons. The second-order valence-corrected chi connectivity index (χ2v) is 4.35. The molecule has 0 bridgehead atoms. The monoisotopic (exact) mass is 246 g/mol. The first-order valence-electron chi connectivity index (χ1n) is 6.08. The molecule has 0 saturated carbocycles. The molecule has 4 rings (SSSR count). The molecule has 4 heteroatoms. The lowest BCUT2D eigenvalue weighted by Crippen LogP contribution is -1.97. The van der Waals surface area contributed by atoms with E-state index < -0.39 is 0 Å². The first kappa shape index (κ1) is 10.2. The molecule has 0 saturated heterocycles. The van der Waals surface area contributed by atoms with Crippen molar-refractivity contribution < 1.29 is 0 Å². The van der Waals surface area contributed by atoms with E-state index in [9.17, 15) is 0 Å². The molecule has 0 spiro atoms. The highest BCUT2D eigenvalue weighted by Gasteiger charge is 2.10. The number of benzene rings is 2. The van der Waals surface area contributed by atoms with E-state index in [0.717, 1.165) is 27.8 Å². The van der Waals surface area contributed by atoms with Gasteiger partial charge in [-0.3, -0.25) is 0 Å². The molecule has 0 aliphatic carbocycles. The number of aromatic nitrogens is 4. The van der Waals surface area contributed by atoms with Crippen LogP contribution in [0.3, 0.4) is 0 Å². The van der Waals surface area contributed by atoms with Crippen molar-refractivity contribution >= 4 is 16.6 Å². The van der Waals surface area contributed by atoms with Gasteiger partial charge in [-0.05, 0) is 12.1 Å². The predicted octanol–water partition coefficient (Wildman–Crippen LogP) is 2.94. The molecule has 4 aromatic rings. The second-order valence-electron chi connectivity index (χ2n) is 4.35. The highest BCUT2D eigenvalue weighted by Crippen LogP contribution is 2.23. The Balaban J connectivity index is 2.13. The van der Waals surface area contributed by atoms with E-state index in [1.54, 1.807) is 6.20 Å². The standard InChI is InChI=1S/C15H10N4/c1-2-6-11(7-3-1)14-10-16-17-15-12-8-4-5-9-13(12)18-19(14)15/h1-10H. The molecule has 0 unspecified atom stereocenters. The topological polar surface area (TPSA) is 43.1 Å². The van der Waals surface area contributed by atoms with Gasteiger partial charge in [-0.25, -0.2) is 4.52 Å². The van der Waals surface area contributed by atoms with Crippen LogP contribution in [0.5, 0.6) is 0 Å². The summed E-state index contributed by atoms with van der Waals surface area (Å²) in [5.74, 6) is 0. The van der Waals surface area contributed by atoms with Crippen LogP contribution in [0.4, 0.5) is 0 Å². The SMILES string of the molecule is c1ccc(-c2cnnc3c4ccccc4nn23)cc1. The van der Waals surface area contributed by atoms with Crippen molar-refractivity contribution in [3.63, 3.8) is 0 Å². The van der Waals surface area contributed by atoms with Crippen LogP contribution >= 0.6 is 0 Å². The van der Waals surface area contributed by atoms with Gasteiger partial charge in [0.2, 0.25) is 0 Å². The van der Waals surface area contributed by atoms with E-state index in [1.807, 2.05) is 59.1 Å². The van der Waals surface area contributed by atoms with Crippen LogP contribution in [0.2, 0.25) is 0 Å². The van der Waals surface area contributed by atoms with Gasteiger partial charge in [-0.1, -0.05) is 42.5 Å². The van der Waals surface area contributed by atoms with E-state index in [4.69, 9.17) is 0 Å². The zero-order valence-corrected chi connectivity index (χ0v) is 10.1. The number of rotatable bonds is 1. The molecule has 0 atom stereocenters. The maximum absolute atomic E-state index is 4.61. The van der Waals surface area contributed by atoms with Gasteiger partial charge in [0.15, 0.2) is 5.65 Å². The molecule has 19 heavy (non-hydrogen) atoms. The normalized spacial score (nSPS) is 11.2. The van der Waals surface area contributed by atoms with Gasteiger partial charge in [0, 0.05) is 10.9 Å². The number of hydrogen-bond acceptors (Lipinski definition) is 3. The summed E-state index contributed by atoms with van der Waals surface area (Å²) in [7, 11) is 0. The van der Waals surface area contributed by atoms with Crippen molar-refractivity contribution in [2.75, 3.05) is 0 Å². The zero-order chi connectivity index (χ0) is 12.7. The zero-order valence-electron chi connectivity index (χ0n) is 10.1. The predicted molar refractivity (Wildman–Crippen MR) is 73.7 cm³/mol. The van der Waals surface area contributed by atoms with Crippen LogP contribution in [0.25, 0.3) is 27.8 Å². The Bertz CT molecular complexity index is 865. The minimum Gasteiger partial charge on any atom is -0.210 e. The van der Waals surface area contributed by atoms with Crippen LogP contribution < -0.4 is 0 Å². The van der Waals surface area contributed by atoms with Gasteiger partial charge in [0.05, 0.1) is 17.4 Å². The molecule has 0 N–H and O–H groups in total. The molecule has 2 heterocycles. The Labute approximate surface area is 109 Å². The van der Waals surface area contributed by atoms with E-state index in [2.05, 4.69) is 15.3 Å². The molecule has 90 valence electrons. The fraction of sp³-hybridized carbons (Fsp3) is 0. The highest BCUT2D eigenvalue weighted by atomic mass is 15.3. The van der Waals surface area contributed by atoms with Gasteiger partial charge >= 0.3 is 0 Å². The Morgan fingerprint density at radius 2 is 1.63 bits per heavy atom. The smallest absolute Gasteiger partial charge is 0.185 e. The minimum atomic E-state index is 0.789. The molecular formula is C15H10N4. The fourth-order valence-corrected chi connectivity index (χ4v) is 2.28. The van der Waals surface area contributed by atoms with Gasteiger partial charge in [0.1, 0.15) is 0 Å². The fourth-order valence-electron chi connectivity index (χ4n) is 2.28. The first-order chi connectivity index (χ1) is 9.43. The van der Waals surface area contributed by atoms with Crippen LogP contribution in [0.1, 0.15) is 0 Å². The van der Waals surface area contributed by atoms with Crippen LogP contribution in [-0.2, 0) is 0 Å². The first-order valence-corrected chi connectivity index (χ1v) is 6.08. The van der Waals surface area contributed by atoms with Gasteiger partial charge in [-0.2, -0.15) is 10.2 Å². The van der Waals surface area contributed by atoms with E-state index in [0.29, 0.717) is 0 Å². The van der Waals surface area contributed by atoms with Crippen LogP contribution in [0.15, 0.2) is 60.8 Å². The summed E-state index contributed by atoms with van der Waals surface area (Å²) in [6, 6.07) is 18.1. The lowest BCUT2D eigenvalue weighted by molar-refractivity contribution is 0.908. The third-order valence-electron chi connectivity index (χ3n) is 3.18. The quantitative estimate of drug-likeness (QED) is 0.518. The second kappa shape index (κ2) is 3.88. The Kier molecular flexibility index (Phi) is 2.08. The maximum atomic E-state index is 4.61. The summed E-state index contributed by atoms with van der Waals surface area (Å²) in [4.78, 5) is 0. The number of hydrogen-bond donors (Lipinski definition) is 0. The lowest BCUT2D eigenvalue weighted by Gasteiger charge is -2.02. The van der Waals surface area contributed by atoms with Crippen LogP contribution in [0, 0.1) is 0 Å². The average Bonchev–Trinajstić information content (AvgIpc) is 2.87. The summed E-state index contributed by atoms with van der Waals surface area (Å²) in [6.45, 7) is 0. The van der Waals surface area contributed by atoms with E-state index in [-0.39, 0.29) is 0 Å². The highest BCUT2D eigenvalue weighted by molar-refractivity contribution is 5.92. The maximum Gasteiger partial charge on any atom is 0.185 e. The molecule has 0 fully saturated rings. The van der Waals surface area contributed by atoms with Crippen molar-refractivity contribution in [2.45, 2.75) is 0 Å². The van der Waals surface area contributed by atoms with Crippen molar-refractivity contribution in [3.05, 3.63) is 60.8 Å². The summed E-state index contributed by atoms with van der Waals surface area (Å²) in [6.07, 6.45) is 1.74. The van der Waals surface area contributed by atoms with Crippen molar-refractivity contribution in [1.82, 2.24) is 19.8 Å². The van der Waals surface area contributed by atoms with E-state index >= 15 is 0 Å². The molecule has 0 aliphatic rings. The van der Waals surface area contributed by atoms with Gasteiger partial charge < -0.3 is 0 Å². The third kappa shape index (κ3) is 1.50. The van der Waals surface area contributed by atoms with Crippen molar-refractivity contribution in [2.24, 2.45) is 0 Å². The molecular weight excluding hydrogens is 236 g/mol. The largest absolute Gasteiger partial charge is 0.210 e. The Morgan fingerprint density at radius 3 is 2.53 bits per heavy atom. The molecule has 0 aliphatic heterocycles.